The summed E-state index contributed by atoms with van der Waals surface area (Å²) in [5.74, 6) is 1.05. The Bertz CT molecular complexity index is 149. The maximum atomic E-state index is 4.26. The molecule has 2 heteroatoms. The molecule has 1 heterocycles. The third-order valence-corrected chi connectivity index (χ3v) is 3.89. The van der Waals surface area contributed by atoms with Crippen molar-refractivity contribution in [3.05, 3.63) is 0 Å². The highest BCUT2D eigenvalue weighted by atomic mass is 32.1. The minimum atomic E-state index is 0.878. The van der Waals surface area contributed by atoms with Crippen LogP contribution in [0.2, 0.25) is 0 Å². The van der Waals surface area contributed by atoms with Crippen molar-refractivity contribution >= 4 is 12.6 Å². The van der Waals surface area contributed by atoms with Gasteiger partial charge in [-0.2, -0.15) is 12.6 Å². The summed E-state index contributed by atoms with van der Waals surface area (Å²) in [6.45, 7) is 5.02. The van der Waals surface area contributed by atoms with Crippen LogP contribution in [0.1, 0.15) is 58.3 Å². The molecule has 1 fully saturated rings. The second-order valence-corrected chi connectivity index (χ2v) is 5.18. The van der Waals surface area contributed by atoms with Crippen LogP contribution in [0.15, 0.2) is 0 Å². The highest BCUT2D eigenvalue weighted by Crippen LogP contribution is 2.19. The van der Waals surface area contributed by atoms with Crippen molar-refractivity contribution < 1.29 is 0 Å². The first-order valence-electron chi connectivity index (χ1n) is 6.73. The topological polar surface area (TPSA) is 3.24 Å². The molecule has 0 N–H and O–H groups in total. The molecule has 1 aliphatic rings. The highest BCUT2D eigenvalue weighted by molar-refractivity contribution is 7.80. The van der Waals surface area contributed by atoms with Gasteiger partial charge in [-0.25, -0.2) is 0 Å². The van der Waals surface area contributed by atoms with Crippen LogP contribution in [-0.4, -0.2) is 29.8 Å². The summed E-state index contributed by atoms with van der Waals surface area (Å²) >= 11 is 4.26. The standard InChI is InChI=1S/C13H27NS/c1-2-13-9-5-3-6-10-14(13)11-7-4-8-12-15/h13,15H,2-12H2,1H3. The van der Waals surface area contributed by atoms with E-state index in [1.165, 1.54) is 64.5 Å². The van der Waals surface area contributed by atoms with Gasteiger partial charge in [0.15, 0.2) is 0 Å². The van der Waals surface area contributed by atoms with Crippen LogP contribution in [0.4, 0.5) is 0 Å². The largest absolute Gasteiger partial charge is 0.300 e. The molecule has 15 heavy (non-hydrogen) atoms. The highest BCUT2D eigenvalue weighted by Gasteiger charge is 2.18. The third kappa shape index (κ3) is 5.26. The zero-order valence-electron chi connectivity index (χ0n) is 10.2. The van der Waals surface area contributed by atoms with Crippen molar-refractivity contribution in [2.75, 3.05) is 18.8 Å². The number of nitrogens with zero attached hydrogens (tertiary/aromatic N) is 1. The zero-order chi connectivity index (χ0) is 10.9. The van der Waals surface area contributed by atoms with Gasteiger partial charge < -0.3 is 4.90 Å². The van der Waals surface area contributed by atoms with E-state index in [-0.39, 0.29) is 0 Å². The lowest BCUT2D eigenvalue weighted by Gasteiger charge is -2.29. The molecule has 1 unspecified atom stereocenters. The smallest absolute Gasteiger partial charge is 0.00926 e. The lowest BCUT2D eigenvalue weighted by atomic mass is 10.1. The molecular weight excluding hydrogens is 202 g/mol. The number of hydrogen-bond donors (Lipinski definition) is 1. The molecule has 0 spiro atoms. The van der Waals surface area contributed by atoms with E-state index in [4.69, 9.17) is 0 Å². The van der Waals surface area contributed by atoms with E-state index in [1.807, 2.05) is 0 Å². The molecule has 90 valence electrons. The van der Waals surface area contributed by atoms with E-state index in [0.717, 1.165) is 11.8 Å². The Labute approximate surface area is 101 Å². The Morgan fingerprint density at radius 2 is 2.00 bits per heavy atom. The monoisotopic (exact) mass is 229 g/mol. The number of unbranched alkanes of at least 4 members (excludes halogenated alkanes) is 2. The SMILES string of the molecule is CCC1CCCCCN1CCCCCS. The van der Waals surface area contributed by atoms with Gasteiger partial charge >= 0.3 is 0 Å². The second kappa shape index (κ2) is 8.46. The average molecular weight is 229 g/mol. The summed E-state index contributed by atoms with van der Waals surface area (Å²) in [5.41, 5.74) is 0. The Kier molecular flexibility index (Phi) is 7.54. The summed E-state index contributed by atoms with van der Waals surface area (Å²) < 4.78 is 0. The predicted octanol–water partition coefficient (Wildman–Crippen LogP) is 3.74. The molecule has 0 aromatic carbocycles. The molecule has 0 aromatic heterocycles. The number of rotatable bonds is 6. The average Bonchev–Trinajstić information content (AvgIpc) is 2.49. The summed E-state index contributed by atoms with van der Waals surface area (Å²) in [5, 5.41) is 0. The van der Waals surface area contributed by atoms with Crippen molar-refractivity contribution in [2.45, 2.75) is 64.3 Å². The van der Waals surface area contributed by atoms with Gasteiger partial charge in [0.1, 0.15) is 0 Å². The van der Waals surface area contributed by atoms with E-state index in [0.29, 0.717) is 0 Å². The zero-order valence-corrected chi connectivity index (χ0v) is 11.1. The van der Waals surface area contributed by atoms with Gasteiger partial charge in [0.2, 0.25) is 0 Å². The quantitative estimate of drug-likeness (QED) is 0.536. The van der Waals surface area contributed by atoms with E-state index in [1.54, 1.807) is 0 Å². The van der Waals surface area contributed by atoms with Crippen LogP contribution in [0.25, 0.3) is 0 Å². The Hall–Kier alpha value is 0.310. The van der Waals surface area contributed by atoms with Crippen LogP contribution in [0.3, 0.4) is 0 Å². The second-order valence-electron chi connectivity index (χ2n) is 4.73. The van der Waals surface area contributed by atoms with Gasteiger partial charge in [-0.15, -0.1) is 0 Å². The number of likely N-dealkylation sites (tertiary alicyclic amines) is 1. The Morgan fingerprint density at radius 1 is 1.13 bits per heavy atom. The van der Waals surface area contributed by atoms with Gasteiger partial charge in [0.25, 0.3) is 0 Å². The molecule has 0 amide bonds. The van der Waals surface area contributed by atoms with Crippen molar-refractivity contribution in [2.24, 2.45) is 0 Å². The van der Waals surface area contributed by atoms with Gasteiger partial charge in [0.05, 0.1) is 0 Å². The molecule has 0 saturated carbocycles. The van der Waals surface area contributed by atoms with E-state index >= 15 is 0 Å². The van der Waals surface area contributed by atoms with Crippen LogP contribution >= 0.6 is 12.6 Å². The molecule has 1 rings (SSSR count). The third-order valence-electron chi connectivity index (χ3n) is 3.57. The van der Waals surface area contributed by atoms with Crippen molar-refractivity contribution in [3.63, 3.8) is 0 Å². The normalized spacial score (nSPS) is 24.0. The molecule has 0 radical (unpaired) electrons. The van der Waals surface area contributed by atoms with E-state index in [2.05, 4.69) is 24.5 Å². The minimum absolute atomic E-state index is 0.878. The van der Waals surface area contributed by atoms with E-state index in [9.17, 15) is 0 Å². The maximum absolute atomic E-state index is 4.26. The molecular formula is C13H27NS. The summed E-state index contributed by atoms with van der Waals surface area (Å²) in [4.78, 5) is 2.74. The van der Waals surface area contributed by atoms with Crippen LogP contribution in [0.5, 0.6) is 0 Å². The van der Waals surface area contributed by atoms with Crippen LogP contribution in [0, 0.1) is 0 Å². The van der Waals surface area contributed by atoms with Gasteiger partial charge in [0, 0.05) is 6.04 Å². The fraction of sp³-hybridized carbons (Fsp3) is 1.00. The molecule has 0 aliphatic carbocycles. The minimum Gasteiger partial charge on any atom is -0.300 e. The van der Waals surface area contributed by atoms with Gasteiger partial charge in [-0.1, -0.05) is 26.2 Å². The molecule has 1 aliphatic heterocycles. The lowest BCUT2D eigenvalue weighted by molar-refractivity contribution is 0.191. The fourth-order valence-electron chi connectivity index (χ4n) is 2.60. The lowest BCUT2D eigenvalue weighted by Crippen LogP contribution is -2.35. The van der Waals surface area contributed by atoms with Crippen molar-refractivity contribution in [3.8, 4) is 0 Å². The van der Waals surface area contributed by atoms with Crippen LogP contribution in [-0.2, 0) is 0 Å². The van der Waals surface area contributed by atoms with Crippen LogP contribution < -0.4 is 0 Å². The van der Waals surface area contributed by atoms with Crippen molar-refractivity contribution in [1.29, 1.82) is 0 Å². The summed E-state index contributed by atoms with van der Waals surface area (Å²) in [7, 11) is 0. The van der Waals surface area contributed by atoms with Crippen molar-refractivity contribution in [1.82, 2.24) is 4.90 Å². The number of hydrogen-bond acceptors (Lipinski definition) is 2. The first kappa shape index (κ1) is 13.4. The maximum Gasteiger partial charge on any atom is 0.00926 e. The van der Waals surface area contributed by atoms with Gasteiger partial charge in [-0.3, -0.25) is 0 Å². The summed E-state index contributed by atoms with van der Waals surface area (Å²) in [6, 6.07) is 0.878. The van der Waals surface area contributed by atoms with E-state index < -0.39 is 0 Å². The fourth-order valence-corrected chi connectivity index (χ4v) is 2.82. The number of thiol groups is 1. The Morgan fingerprint density at radius 3 is 2.73 bits per heavy atom. The molecule has 1 atom stereocenters. The Balaban J connectivity index is 2.22. The first-order chi connectivity index (χ1) is 7.38. The first-order valence-corrected chi connectivity index (χ1v) is 7.36. The molecule has 0 bridgehead atoms. The molecule has 1 nitrogen and oxygen atoms in total. The molecule has 1 saturated heterocycles. The summed E-state index contributed by atoms with van der Waals surface area (Å²) in [6.07, 6.45) is 11.1. The van der Waals surface area contributed by atoms with Gasteiger partial charge in [-0.05, 0) is 50.9 Å². The molecule has 0 aromatic rings. The predicted molar refractivity (Wildman–Crippen MR) is 71.8 cm³/mol.